The van der Waals surface area contributed by atoms with Gasteiger partial charge >= 0.3 is 6.18 Å². The van der Waals surface area contributed by atoms with E-state index in [1.807, 2.05) is 0 Å². The second kappa shape index (κ2) is 5.26. The molecule has 0 radical (unpaired) electrons. The van der Waals surface area contributed by atoms with E-state index in [-0.39, 0.29) is 18.4 Å². The van der Waals surface area contributed by atoms with Crippen LogP contribution in [0.4, 0.5) is 13.2 Å². The van der Waals surface area contributed by atoms with Crippen molar-refractivity contribution in [3.63, 3.8) is 0 Å². The third kappa shape index (κ3) is 3.46. The second-order valence-electron chi connectivity index (χ2n) is 3.15. The fourth-order valence-electron chi connectivity index (χ4n) is 1.11. The van der Waals surface area contributed by atoms with Crippen LogP contribution in [0.5, 0.6) is 0 Å². The van der Waals surface area contributed by atoms with Crippen LogP contribution in [0, 0.1) is 0 Å². The molecule has 0 amide bonds. The van der Waals surface area contributed by atoms with Crippen LogP contribution in [0.15, 0.2) is 4.52 Å². The molecule has 0 bridgehead atoms. The molecule has 1 heterocycles. The standard InChI is InChI=1S/C8H12F3N3O2/c1-12-5(4-15-2)3-6-13-7(14-16-6)8(9,10)11/h5,12H,3-4H2,1-2H3. The zero-order valence-electron chi connectivity index (χ0n) is 8.84. The van der Waals surface area contributed by atoms with Crippen molar-refractivity contribution in [1.82, 2.24) is 15.5 Å². The van der Waals surface area contributed by atoms with Crippen LogP contribution < -0.4 is 5.32 Å². The highest BCUT2D eigenvalue weighted by molar-refractivity contribution is 4.92. The number of hydrogen-bond acceptors (Lipinski definition) is 5. The lowest BCUT2D eigenvalue weighted by Gasteiger charge is -2.11. The summed E-state index contributed by atoms with van der Waals surface area (Å²) in [5.74, 6) is -1.32. The normalized spacial score (nSPS) is 14.1. The van der Waals surface area contributed by atoms with Gasteiger partial charge in [0.1, 0.15) is 0 Å². The molecule has 0 saturated carbocycles. The lowest BCUT2D eigenvalue weighted by atomic mass is 10.2. The molecular formula is C8H12F3N3O2. The summed E-state index contributed by atoms with van der Waals surface area (Å²) in [6.07, 6.45) is -4.38. The number of alkyl halides is 3. The minimum Gasteiger partial charge on any atom is -0.383 e. The molecule has 1 aromatic heterocycles. The van der Waals surface area contributed by atoms with E-state index in [4.69, 9.17) is 4.74 Å². The Morgan fingerprint density at radius 3 is 2.62 bits per heavy atom. The average molecular weight is 239 g/mol. The number of ether oxygens (including phenoxy) is 1. The molecule has 16 heavy (non-hydrogen) atoms. The Morgan fingerprint density at radius 2 is 2.19 bits per heavy atom. The summed E-state index contributed by atoms with van der Waals surface area (Å²) in [5.41, 5.74) is 0. The smallest absolute Gasteiger partial charge is 0.383 e. The van der Waals surface area contributed by atoms with Crippen LogP contribution >= 0.6 is 0 Å². The van der Waals surface area contributed by atoms with Crippen LogP contribution in [0.3, 0.4) is 0 Å². The maximum Gasteiger partial charge on any atom is 0.455 e. The van der Waals surface area contributed by atoms with Crippen molar-refractivity contribution < 1.29 is 22.4 Å². The van der Waals surface area contributed by atoms with Gasteiger partial charge in [0.05, 0.1) is 6.61 Å². The van der Waals surface area contributed by atoms with Gasteiger partial charge in [0.15, 0.2) is 0 Å². The van der Waals surface area contributed by atoms with Crippen LogP contribution in [0.1, 0.15) is 11.7 Å². The van der Waals surface area contributed by atoms with Gasteiger partial charge in [-0.2, -0.15) is 18.2 Å². The predicted molar refractivity (Wildman–Crippen MR) is 47.7 cm³/mol. The predicted octanol–water partition coefficient (Wildman–Crippen LogP) is 0.865. The molecule has 1 rings (SSSR count). The van der Waals surface area contributed by atoms with Gasteiger partial charge in [-0.15, -0.1) is 0 Å². The van der Waals surface area contributed by atoms with E-state index >= 15 is 0 Å². The SMILES string of the molecule is CNC(COC)Cc1nc(C(F)(F)F)no1. The van der Waals surface area contributed by atoms with Crippen molar-refractivity contribution in [1.29, 1.82) is 0 Å². The van der Waals surface area contributed by atoms with E-state index in [1.54, 1.807) is 7.05 Å². The van der Waals surface area contributed by atoms with Crippen LogP contribution in [0.2, 0.25) is 0 Å². The quantitative estimate of drug-likeness (QED) is 0.826. The van der Waals surface area contributed by atoms with Crippen LogP contribution in [0.25, 0.3) is 0 Å². The number of hydrogen-bond donors (Lipinski definition) is 1. The summed E-state index contributed by atoms with van der Waals surface area (Å²) in [6.45, 7) is 0.347. The summed E-state index contributed by atoms with van der Waals surface area (Å²) >= 11 is 0. The summed E-state index contributed by atoms with van der Waals surface area (Å²) in [6, 6.07) is -0.161. The van der Waals surface area contributed by atoms with Gasteiger partial charge in [-0.3, -0.25) is 0 Å². The van der Waals surface area contributed by atoms with Crippen molar-refractivity contribution in [3.05, 3.63) is 11.7 Å². The summed E-state index contributed by atoms with van der Waals surface area (Å²) < 4.78 is 45.8. The number of methoxy groups -OCH3 is 1. The Morgan fingerprint density at radius 1 is 1.50 bits per heavy atom. The number of rotatable bonds is 5. The van der Waals surface area contributed by atoms with Crippen molar-refractivity contribution >= 4 is 0 Å². The zero-order chi connectivity index (χ0) is 12.2. The first-order valence-electron chi connectivity index (χ1n) is 4.53. The van der Waals surface area contributed by atoms with Gasteiger partial charge in [0.2, 0.25) is 5.89 Å². The van der Waals surface area contributed by atoms with Gasteiger partial charge in [0.25, 0.3) is 5.82 Å². The van der Waals surface area contributed by atoms with Crippen molar-refractivity contribution in [3.8, 4) is 0 Å². The second-order valence-corrected chi connectivity index (χ2v) is 3.15. The van der Waals surface area contributed by atoms with Crippen molar-refractivity contribution in [2.45, 2.75) is 18.6 Å². The fraction of sp³-hybridized carbons (Fsp3) is 0.750. The summed E-state index contributed by atoms with van der Waals surface area (Å²) in [5, 5.41) is 5.72. The molecule has 1 N–H and O–H groups in total. The summed E-state index contributed by atoms with van der Waals surface area (Å²) in [7, 11) is 3.17. The minimum absolute atomic E-state index is 0.0660. The van der Waals surface area contributed by atoms with Gasteiger partial charge in [-0.1, -0.05) is 5.16 Å². The molecule has 1 aromatic rings. The van der Waals surface area contributed by atoms with Crippen LogP contribution in [-0.2, 0) is 17.3 Å². The Balaban J connectivity index is 2.64. The molecule has 0 aliphatic heterocycles. The summed E-state index contributed by atoms with van der Waals surface area (Å²) in [4.78, 5) is 3.25. The minimum atomic E-state index is -4.57. The highest BCUT2D eigenvalue weighted by Crippen LogP contribution is 2.26. The first-order valence-corrected chi connectivity index (χ1v) is 4.53. The number of nitrogens with zero attached hydrogens (tertiary/aromatic N) is 2. The monoisotopic (exact) mass is 239 g/mol. The molecule has 0 saturated heterocycles. The van der Waals surface area contributed by atoms with Gasteiger partial charge < -0.3 is 14.6 Å². The molecule has 1 unspecified atom stereocenters. The highest BCUT2D eigenvalue weighted by Gasteiger charge is 2.37. The van der Waals surface area contributed by atoms with E-state index in [1.165, 1.54) is 7.11 Å². The molecule has 5 nitrogen and oxygen atoms in total. The third-order valence-corrected chi connectivity index (χ3v) is 1.92. The number of halogens is 3. The van der Waals surface area contributed by atoms with E-state index < -0.39 is 12.0 Å². The third-order valence-electron chi connectivity index (χ3n) is 1.92. The molecule has 0 aliphatic rings. The van der Waals surface area contributed by atoms with Gasteiger partial charge in [-0.25, -0.2) is 0 Å². The van der Waals surface area contributed by atoms with Gasteiger partial charge in [-0.05, 0) is 7.05 Å². The molecule has 92 valence electrons. The Bertz CT molecular complexity index is 327. The van der Waals surface area contributed by atoms with Crippen molar-refractivity contribution in [2.75, 3.05) is 20.8 Å². The largest absolute Gasteiger partial charge is 0.455 e. The van der Waals surface area contributed by atoms with Crippen LogP contribution in [-0.4, -0.2) is 36.9 Å². The van der Waals surface area contributed by atoms with E-state index in [9.17, 15) is 13.2 Å². The molecule has 0 aliphatic carbocycles. The molecule has 1 atom stereocenters. The molecular weight excluding hydrogens is 227 g/mol. The Kier molecular flexibility index (Phi) is 4.25. The topological polar surface area (TPSA) is 60.2 Å². The maximum absolute atomic E-state index is 12.1. The lowest BCUT2D eigenvalue weighted by molar-refractivity contribution is -0.146. The lowest BCUT2D eigenvalue weighted by Crippen LogP contribution is -2.32. The van der Waals surface area contributed by atoms with E-state index in [2.05, 4.69) is 20.0 Å². The van der Waals surface area contributed by atoms with E-state index in [0.29, 0.717) is 6.61 Å². The van der Waals surface area contributed by atoms with Gasteiger partial charge in [0, 0.05) is 19.6 Å². The van der Waals surface area contributed by atoms with E-state index in [0.717, 1.165) is 0 Å². The maximum atomic E-state index is 12.1. The Hall–Kier alpha value is -1.15. The highest BCUT2D eigenvalue weighted by atomic mass is 19.4. The first-order chi connectivity index (χ1) is 7.47. The fourth-order valence-corrected chi connectivity index (χ4v) is 1.11. The molecule has 0 aromatic carbocycles. The number of nitrogens with one attached hydrogen (secondary N) is 1. The first kappa shape index (κ1) is 12.9. The van der Waals surface area contributed by atoms with Crippen molar-refractivity contribution in [2.24, 2.45) is 0 Å². The number of likely N-dealkylation sites (N-methyl/N-ethyl adjacent to an activating group) is 1. The Labute approximate surface area is 90.0 Å². The average Bonchev–Trinajstić information content (AvgIpc) is 2.65. The zero-order valence-corrected chi connectivity index (χ0v) is 8.84. The molecule has 8 heteroatoms. The molecule has 0 fully saturated rings. The number of aromatic nitrogens is 2. The molecule has 0 spiro atoms.